The number of hydrogen-bond donors (Lipinski definition) is 0. The molecule has 0 atom stereocenters. The van der Waals surface area contributed by atoms with Crippen LogP contribution in [0.4, 0.5) is 0 Å². The zero-order valence-corrected chi connectivity index (χ0v) is 13.4. The number of carbonyl (C=O) groups is 1. The minimum atomic E-state index is 0.220. The molecule has 0 N–H and O–H groups in total. The summed E-state index contributed by atoms with van der Waals surface area (Å²) in [5.41, 5.74) is 1.27. The maximum absolute atomic E-state index is 12.4. The van der Waals surface area contributed by atoms with E-state index >= 15 is 0 Å². The van der Waals surface area contributed by atoms with Crippen molar-refractivity contribution in [3.63, 3.8) is 0 Å². The number of hydrogen-bond acceptors (Lipinski definition) is 2. The van der Waals surface area contributed by atoms with Crippen LogP contribution in [0.5, 0.6) is 0 Å². The summed E-state index contributed by atoms with van der Waals surface area (Å²) >= 11 is 6.08. The number of pyridine rings is 1. The molecule has 3 heteroatoms. The van der Waals surface area contributed by atoms with E-state index in [4.69, 9.17) is 11.6 Å². The van der Waals surface area contributed by atoms with E-state index in [1.54, 1.807) is 12.4 Å². The summed E-state index contributed by atoms with van der Waals surface area (Å²) in [7, 11) is 0. The van der Waals surface area contributed by atoms with E-state index in [9.17, 15) is 4.79 Å². The van der Waals surface area contributed by atoms with E-state index < -0.39 is 0 Å². The molecule has 1 heterocycles. The summed E-state index contributed by atoms with van der Waals surface area (Å²) < 4.78 is 0. The molecule has 0 radical (unpaired) electrons. The van der Waals surface area contributed by atoms with Crippen LogP contribution in [0.15, 0.2) is 18.5 Å². The summed E-state index contributed by atoms with van der Waals surface area (Å²) in [5, 5.41) is 0.601. The maximum atomic E-state index is 12.4. The van der Waals surface area contributed by atoms with Crippen molar-refractivity contribution in [3.05, 3.63) is 29.0 Å². The molecule has 0 aliphatic heterocycles. The number of ketones is 1. The first-order chi connectivity index (χ1) is 9.38. The number of carbonyl (C=O) groups excluding carboxylic acids is 1. The molecule has 0 unspecified atom stereocenters. The third-order valence-corrected chi connectivity index (χ3v) is 4.97. The molecule has 1 aromatic rings. The fourth-order valence-corrected chi connectivity index (χ4v) is 3.35. The van der Waals surface area contributed by atoms with Crippen LogP contribution < -0.4 is 0 Å². The van der Waals surface area contributed by atoms with Gasteiger partial charge in [0.25, 0.3) is 0 Å². The van der Waals surface area contributed by atoms with Gasteiger partial charge in [0.05, 0.1) is 5.02 Å². The standard InChI is InChI=1S/C17H24ClNO/c1-17(2,3)14-6-4-12(5-7-14)16(20)10-13-8-9-19-11-15(13)18/h8-9,11-12,14H,4-7,10H2,1-3H3. The smallest absolute Gasteiger partial charge is 0.140 e. The molecule has 110 valence electrons. The second-order valence-electron chi connectivity index (χ2n) is 7.02. The van der Waals surface area contributed by atoms with Gasteiger partial charge in [0.15, 0.2) is 0 Å². The molecule has 1 aliphatic carbocycles. The molecule has 2 rings (SSSR count). The first-order valence-electron chi connectivity index (χ1n) is 7.49. The Bertz CT molecular complexity index is 470. The molecule has 20 heavy (non-hydrogen) atoms. The average molecular weight is 294 g/mol. The van der Waals surface area contributed by atoms with Gasteiger partial charge in [0.1, 0.15) is 5.78 Å². The van der Waals surface area contributed by atoms with Gasteiger partial charge < -0.3 is 0 Å². The zero-order chi connectivity index (χ0) is 14.8. The summed E-state index contributed by atoms with van der Waals surface area (Å²) in [6.07, 6.45) is 8.17. The normalized spacial score (nSPS) is 23.6. The maximum Gasteiger partial charge on any atom is 0.140 e. The van der Waals surface area contributed by atoms with E-state index in [2.05, 4.69) is 25.8 Å². The molecular weight excluding hydrogens is 270 g/mol. The SMILES string of the molecule is CC(C)(C)C1CCC(C(=O)Cc2ccncc2Cl)CC1. The summed E-state index contributed by atoms with van der Waals surface area (Å²) in [4.78, 5) is 16.4. The fraction of sp³-hybridized carbons (Fsp3) is 0.647. The van der Waals surface area contributed by atoms with Crippen LogP contribution in [0, 0.1) is 17.3 Å². The molecule has 0 saturated heterocycles. The summed E-state index contributed by atoms with van der Waals surface area (Å²) in [6, 6.07) is 1.85. The van der Waals surface area contributed by atoms with Crippen molar-refractivity contribution in [2.75, 3.05) is 0 Å². The third-order valence-electron chi connectivity index (χ3n) is 4.63. The quantitative estimate of drug-likeness (QED) is 0.808. The molecule has 1 fully saturated rings. The van der Waals surface area contributed by atoms with E-state index in [1.165, 1.54) is 12.8 Å². The molecule has 0 spiro atoms. The van der Waals surface area contributed by atoms with Gasteiger partial charge in [-0.1, -0.05) is 32.4 Å². The Morgan fingerprint density at radius 1 is 1.30 bits per heavy atom. The van der Waals surface area contributed by atoms with Crippen LogP contribution in [0.3, 0.4) is 0 Å². The van der Waals surface area contributed by atoms with Crippen molar-refractivity contribution in [1.82, 2.24) is 4.98 Å². The van der Waals surface area contributed by atoms with Crippen LogP contribution in [-0.2, 0) is 11.2 Å². The van der Waals surface area contributed by atoms with Gasteiger partial charge in [0.2, 0.25) is 0 Å². The Hall–Kier alpha value is -0.890. The highest BCUT2D eigenvalue weighted by Crippen LogP contribution is 2.40. The van der Waals surface area contributed by atoms with Crippen molar-refractivity contribution in [2.45, 2.75) is 52.9 Å². The van der Waals surface area contributed by atoms with Gasteiger partial charge in [-0.2, -0.15) is 0 Å². The van der Waals surface area contributed by atoms with Gasteiger partial charge in [-0.15, -0.1) is 0 Å². The van der Waals surface area contributed by atoms with Crippen LogP contribution in [0.2, 0.25) is 5.02 Å². The van der Waals surface area contributed by atoms with Crippen LogP contribution in [-0.4, -0.2) is 10.8 Å². The number of Topliss-reactive ketones (excluding diaryl/α,β-unsaturated/α-hetero) is 1. The molecule has 0 aromatic carbocycles. The van der Waals surface area contributed by atoms with Crippen molar-refractivity contribution in [2.24, 2.45) is 17.3 Å². The number of rotatable bonds is 3. The van der Waals surface area contributed by atoms with E-state index in [1.807, 2.05) is 6.07 Å². The lowest BCUT2D eigenvalue weighted by molar-refractivity contribution is -0.123. The van der Waals surface area contributed by atoms with Crippen molar-refractivity contribution >= 4 is 17.4 Å². The minimum absolute atomic E-state index is 0.220. The number of nitrogens with zero attached hydrogens (tertiary/aromatic N) is 1. The van der Waals surface area contributed by atoms with Crippen LogP contribution >= 0.6 is 11.6 Å². The highest BCUT2D eigenvalue weighted by atomic mass is 35.5. The fourth-order valence-electron chi connectivity index (χ4n) is 3.16. The largest absolute Gasteiger partial charge is 0.299 e. The van der Waals surface area contributed by atoms with Gasteiger partial charge in [0, 0.05) is 24.7 Å². The van der Waals surface area contributed by atoms with Crippen molar-refractivity contribution < 1.29 is 4.79 Å². The topological polar surface area (TPSA) is 30.0 Å². The monoisotopic (exact) mass is 293 g/mol. The van der Waals surface area contributed by atoms with Crippen LogP contribution in [0.25, 0.3) is 0 Å². The predicted molar refractivity (Wildman–Crippen MR) is 82.9 cm³/mol. The van der Waals surface area contributed by atoms with E-state index in [0.717, 1.165) is 24.3 Å². The molecule has 1 aromatic heterocycles. The highest BCUT2D eigenvalue weighted by Gasteiger charge is 2.32. The Labute approximate surface area is 126 Å². The van der Waals surface area contributed by atoms with Crippen LogP contribution in [0.1, 0.15) is 52.0 Å². The lowest BCUT2D eigenvalue weighted by Gasteiger charge is -2.36. The zero-order valence-electron chi connectivity index (χ0n) is 12.7. The summed E-state index contributed by atoms with van der Waals surface area (Å²) in [6.45, 7) is 6.91. The van der Waals surface area contributed by atoms with Gasteiger partial charge >= 0.3 is 0 Å². The Morgan fingerprint density at radius 2 is 1.95 bits per heavy atom. The Balaban J connectivity index is 1.91. The molecule has 0 amide bonds. The highest BCUT2D eigenvalue weighted by molar-refractivity contribution is 6.31. The number of halogens is 1. The minimum Gasteiger partial charge on any atom is -0.299 e. The molecule has 1 saturated carbocycles. The molecule has 1 aliphatic rings. The number of aromatic nitrogens is 1. The molecule has 2 nitrogen and oxygen atoms in total. The second kappa shape index (κ2) is 6.26. The van der Waals surface area contributed by atoms with E-state index in [-0.39, 0.29) is 5.92 Å². The second-order valence-corrected chi connectivity index (χ2v) is 7.43. The summed E-state index contributed by atoms with van der Waals surface area (Å²) in [5.74, 6) is 1.30. The Kier molecular flexibility index (Phi) is 4.85. The van der Waals surface area contributed by atoms with Crippen molar-refractivity contribution in [3.8, 4) is 0 Å². The lowest BCUT2D eigenvalue weighted by Crippen LogP contribution is -2.29. The van der Waals surface area contributed by atoms with Gasteiger partial charge in [-0.25, -0.2) is 0 Å². The third kappa shape index (κ3) is 3.82. The van der Waals surface area contributed by atoms with Gasteiger partial charge in [-0.3, -0.25) is 9.78 Å². The predicted octanol–water partition coefficient (Wildman–Crippen LogP) is 4.70. The first kappa shape index (κ1) is 15.5. The van der Waals surface area contributed by atoms with E-state index in [0.29, 0.717) is 22.6 Å². The molecule has 0 bridgehead atoms. The van der Waals surface area contributed by atoms with Gasteiger partial charge in [-0.05, 0) is 48.6 Å². The lowest BCUT2D eigenvalue weighted by atomic mass is 9.69. The van der Waals surface area contributed by atoms with Crippen molar-refractivity contribution in [1.29, 1.82) is 0 Å². The molecular formula is C17H24ClNO. The average Bonchev–Trinajstić information content (AvgIpc) is 2.40. The Morgan fingerprint density at radius 3 is 2.50 bits per heavy atom. The first-order valence-corrected chi connectivity index (χ1v) is 7.87.